The quantitative estimate of drug-likeness (QED) is 0.848. The van der Waals surface area contributed by atoms with E-state index in [1.807, 2.05) is 19.9 Å². The van der Waals surface area contributed by atoms with Gasteiger partial charge in [0.2, 0.25) is 0 Å². The first kappa shape index (κ1) is 13.1. The highest BCUT2D eigenvalue weighted by Crippen LogP contribution is 2.22. The monoisotopic (exact) mass is 264 g/mol. The molecular formula is C10H14Cl2N2S. The Balaban J connectivity index is 2.51. The molecule has 5 heteroatoms. The lowest BCUT2D eigenvalue weighted by Gasteiger charge is -2.17. The van der Waals surface area contributed by atoms with Crippen molar-refractivity contribution in [3.05, 3.63) is 28.0 Å². The van der Waals surface area contributed by atoms with Crippen LogP contribution in [0.4, 0.5) is 0 Å². The summed E-state index contributed by atoms with van der Waals surface area (Å²) in [6.45, 7) is 4.00. The van der Waals surface area contributed by atoms with Crippen molar-refractivity contribution in [3.8, 4) is 0 Å². The fraction of sp³-hybridized carbons (Fsp3) is 0.500. The zero-order chi connectivity index (χ0) is 11.5. The molecule has 0 amide bonds. The fourth-order valence-corrected chi connectivity index (χ4v) is 2.54. The number of thioether (sulfide) groups is 1. The second-order valence-corrected chi connectivity index (χ2v) is 5.80. The van der Waals surface area contributed by atoms with Crippen LogP contribution in [0.2, 0.25) is 10.3 Å². The van der Waals surface area contributed by atoms with E-state index in [2.05, 4.69) is 4.98 Å². The molecule has 0 aliphatic rings. The highest BCUT2D eigenvalue weighted by molar-refractivity contribution is 7.98. The van der Waals surface area contributed by atoms with Crippen LogP contribution in [0.1, 0.15) is 19.4 Å². The highest BCUT2D eigenvalue weighted by Gasteiger charge is 2.11. The van der Waals surface area contributed by atoms with Gasteiger partial charge in [0.1, 0.15) is 10.3 Å². The van der Waals surface area contributed by atoms with E-state index in [9.17, 15) is 0 Å². The molecule has 0 unspecified atom stereocenters. The first-order valence-electron chi connectivity index (χ1n) is 4.56. The third kappa shape index (κ3) is 5.07. The zero-order valence-electron chi connectivity index (χ0n) is 8.76. The zero-order valence-corrected chi connectivity index (χ0v) is 11.1. The molecule has 1 rings (SSSR count). The Hall–Kier alpha value is 0.0400. The van der Waals surface area contributed by atoms with Gasteiger partial charge < -0.3 is 5.73 Å². The number of halogens is 2. The maximum absolute atomic E-state index is 5.94. The Labute approximate surface area is 105 Å². The predicted molar refractivity (Wildman–Crippen MR) is 68.7 cm³/mol. The summed E-state index contributed by atoms with van der Waals surface area (Å²) < 4.78 is 0. The van der Waals surface area contributed by atoms with Crippen LogP contribution in [0.5, 0.6) is 0 Å². The number of nitrogens with zero attached hydrogens (tertiary/aromatic N) is 1. The molecule has 0 bridgehead atoms. The SMILES string of the molecule is CC(C)(N)CSCc1ccc(Cl)nc1Cl. The van der Waals surface area contributed by atoms with Gasteiger partial charge in [-0.3, -0.25) is 0 Å². The number of aromatic nitrogens is 1. The van der Waals surface area contributed by atoms with Crippen LogP contribution in [0, 0.1) is 0 Å². The summed E-state index contributed by atoms with van der Waals surface area (Å²) in [6, 6.07) is 3.64. The molecule has 84 valence electrons. The van der Waals surface area contributed by atoms with Crippen LogP contribution in [-0.2, 0) is 5.75 Å². The molecule has 0 saturated carbocycles. The largest absolute Gasteiger partial charge is 0.325 e. The highest BCUT2D eigenvalue weighted by atomic mass is 35.5. The number of rotatable bonds is 4. The van der Waals surface area contributed by atoms with Crippen LogP contribution < -0.4 is 5.73 Å². The van der Waals surface area contributed by atoms with E-state index >= 15 is 0 Å². The Morgan fingerprint density at radius 3 is 2.60 bits per heavy atom. The molecule has 0 atom stereocenters. The molecule has 1 aromatic heterocycles. The molecule has 0 aromatic carbocycles. The van der Waals surface area contributed by atoms with E-state index in [1.165, 1.54) is 0 Å². The summed E-state index contributed by atoms with van der Waals surface area (Å²) in [6.07, 6.45) is 0. The second kappa shape index (κ2) is 5.39. The van der Waals surface area contributed by atoms with E-state index in [-0.39, 0.29) is 5.54 Å². The summed E-state index contributed by atoms with van der Waals surface area (Å²) in [5.41, 5.74) is 6.71. The first-order valence-corrected chi connectivity index (χ1v) is 6.47. The van der Waals surface area contributed by atoms with Crippen molar-refractivity contribution in [2.45, 2.75) is 25.1 Å². The third-order valence-corrected chi connectivity index (χ3v) is 3.62. The van der Waals surface area contributed by atoms with Crippen molar-refractivity contribution >= 4 is 35.0 Å². The van der Waals surface area contributed by atoms with Crippen LogP contribution >= 0.6 is 35.0 Å². The van der Waals surface area contributed by atoms with Gasteiger partial charge >= 0.3 is 0 Å². The van der Waals surface area contributed by atoms with Gasteiger partial charge in [-0.05, 0) is 25.5 Å². The van der Waals surface area contributed by atoms with Crippen LogP contribution in [0.3, 0.4) is 0 Å². The van der Waals surface area contributed by atoms with Gasteiger partial charge in [-0.25, -0.2) is 4.98 Å². The first-order chi connectivity index (χ1) is 6.88. The van der Waals surface area contributed by atoms with Gasteiger partial charge in [0.15, 0.2) is 0 Å². The van der Waals surface area contributed by atoms with Crippen molar-refractivity contribution in [1.82, 2.24) is 4.98 Å². The average Bonchev–Trinajstić information content (AvgIpc) is 2.07. The normalized spacial score (nSPS) is 11.8. The predicted octanol–water partition coefficient (Wildman–Crippen LogP) is 3.36. The second-order valence-electron chi connectivity index (χ2n) is 4.07. The molecule has 2 N–H and O–H groups in total. The molecule has 0 aliphatic heterocycles. The summed E-state index contributed by atoms with van der Waals surface area (Å²) in [4.78, 5) is 3.97. The van der Waals surface area contributed by atoms with Gasteiger partial charge in [-0.15, -0.1) is 0 Å². The lowest BCUT2D eigenvalue weighted by atomic mass is 10.1. The number of hydrogen-bond donors (Lipinski definition) is 1. The van der Waals surface area contributed by atoms with Crippen LogP contribution in [0.15, 0.2) is 12.1 Å². The van der Waals surface area contributed by atoms with Crippen molar-refractivity contribution in [2.75, 3.05) is 5.75 Å². The molecule has 1 heterocycles. The molecule has 1 aromatic rings. The lowest BCUT2D eigenvalue weighted by molar-refractivity contribution is 0.591. The Bertz CT molecular complexity index is 337. The summed E-state index contributed by atoms with van der Waals surface area (Å²) in [5.74, 6) is 1.69. The van der Waals surface area contributed by atoms with Crippen molar-refractivity contribution in [3.63, 3.8) is 0 Å². The molecule has 0 radical (unpaired) electrons. The van der Waals surface area contributed by atoms with Crippen molar-refractivity contribution in [1.29, 1.82) is 0 Å². The maximum Gasteiger partial charge on any atom is 0.134 e. The lowest BCUT2D eigenvalue weighted by Crippen LogP contribution is -2.34. The topological polar surface area (TPSA) is 38.9 Å². The minimum absolute atomic E-state index is 0.156. The summed E-state index contributed by atoms with van der Waals surface area (Å²) >= 11 is 13.4. The Morgan fingerprint density at radius 2 is 2.07 bits per heavy atom. The molecule has 0 saturated heterocycles. The van der Waals surface area contributed by atoms with Gasteiger partial charge in [0.05, 0.1) is 0 Å². The Kier molecular flexibility index (Phi) is 4.71. The standard InChI is InChI=1S/C10H14Cl2N2S/c1-10(2,13)6-15-5-7-3-4-8(11)14-9(7)12/h3-4H,5-6,13H2,1-2H3. The minimum Gasteiger partial charge on any atom is -0.325 e. The van der Waals surface area contributed by atoms with Gasteiger partial charge in [-0.2, -0.15) is 11.8 Å². The number of nitrogens with two attached hydrogens (primary N) is 1. The molecule has 0 fully saturated rings. The molecular weight excluding hydrogens is 251 g/mol. The van der Waals surface area contributed by atoms with Crippen molar-refractivity contribution < 1.29 is 0 Å². The maximum atomic E-state index is 5.94. The smallest absolute Gasteiger partial charge is 0.134 e. The summed E-state index contributed by atoms with van der Waals surface area (Å²) in [5, 5.41) is 0.901. The Morgan fingerprint density at radius 1 is 1.40 bits per heavy atom. The van der Waals surface area contributed by atoms with Crippen LogP contribution in [0.25, 0.3) is 0 Å². The molecule has 0 spiro atoms. The number of hydrogen-bond acceptors (Lipinski definition) is 3. The van der Waals surface area contributed by atoms with E-state index in [4.69, 9.17) is 28.9 Å². The van der Waals surface area contributed by atoms with E-state index in [0.29, 0.717) is 10.3 Å². The summed E-state index contributed by atoms with van der Waals surface area (Å²) in [7, 11) is 0. The van der Waals surface area contributed by atoms with Gasteiger partial charge in [-0.1, -0.05) is 29.3 Å². The van der Waals surface area contributed by atoms with Crippen LogP contribution in [-0.4, -0.2) is 16.3 Å². The fourth-order valence-electron chi connectivity index (χ4n) is 0.973. The van der Waals surface area contributed by atoms with E-state index < -0.39 is 0 Å². The third-order valence-electron chi connectivity index (χ3n) is 1.62. The number of pyridine rings is 1. The van der Waals surface area contributed by atoms with Gasteiger partial charge in [0, 0.05) is 17.0 Å². The van der Waals surface area contributed by atoms with Gasteiger partial charge in [0.25, 0.3) is 0 Å². The minimum atomic E-state index is -0.156. The average molecular weight is 265 g/mol. The molecule has 0 aliphatic carbocycles. The molecule has 2 nitrogen and oxygen atoms in total. The van der Waals surface area contributed by atoms with E-state index in [0.717, 1.165) is 17.1 Å². The van der Waals surface area contributed by atoms with Crippen molar-refractivity contribution in [2.24, 2.45) is 5.73 Å². The van der Waals surface area contributed by atoms with E-state index in [1.54, 1.807) is 17.8 Å². The molecule has 15 heavy (non-hydrogen) atoms.